The van der Waals surface area contributed by atoms with E-state index in [9.17, 15) is 46.6 Å². The van der Waals surface area contributed by atoms with E-state index in [1.807, 2.05) is 0 Å². The SMILES string of the molecule is C.C.Cc1cn(-c2cc([N+](=O)[O-])cc(C(F)(F)F)c2)cn1.Cc1cn(-c2cc([N+](=O)[O-])cc(C(F)(F)F)c2)cn1. The summed E-state index contributed by atoms with van der Waals surface area (Å²) in [7, 11) is 0. The van der Waals surface area contributed by atoms with Crippen molar-refractivity contribution in [3.63, 3.8) is 0 Å². The number of benzene rings is 2. The molecule has 0 bridgehead atoms. The van der Waals surface area contributed by atoms with Crippen LogP contribution in [0.1, 0.15) is 37.4 Å². The maximum Gasteiger partial charge on any atom is 0.416 e. The molecule has 0 saturated carbocycles. The van der Waals surface area contributed by atoms with Gasteiger partial charge in [-0.1, -0.05) is 14.9 Å². The van der Waals surface area contributed by atoms with Crippen molar-refractivity contribution < 1.29 is 36.2 Å². The number of hydrogen-bond donors (Lipinski definition) is 0. The molecule has 4 aromatic rings. The van der Waals surface area contributed by atoms with Gasteiger partial charge in [-0.25, -0.2) is 9.97 Å². The summed E-state index contributed by atoms with van der Waals surface area (Å²) in [5.74, 6) is 0. The van der Waals surface area contributed by atoms with Gasteiger partial charge in [0, 0.05) is 36.7 Å². The Morgan fingerprint density at radius 2 is 0.975 bits per heavy atom. The number of non-ortho nitro benzene ring substituents is 2. The zero-order chi connectivity index (χ0) is 28.4. The highest BCUT2D eigenvalue weighted by atomic mass is 19.4. The summed E-state index contributed by atoms with van der Waals surface area (Å²) in [6.07, 6.45) is -3.71. The normalized spacial score (nSPS) is 11.0. The second-order valence-corrected chi connectivity index (χ2v) is 7.83. The second-order valence-electron chi connectivity index (χ2n) is 7.83. The number of hydrogen-bond acceptors (Lipinski definition) is 6. The van der Waals surface area contributed by atoms with Crippen LogP contribution in [-0.4, -0.2) is 28.9 Å². The molecule has 216 valence electrons. The van der Waals surface area contributed by atoms with Gasteiger partial charge in [-0.15, -0.1) is 0 Å². The molecule has 0 saturated heterocycles. The average Bonchev–Trinajstić information content (AvgIpc) is 3.46. The van der Waals surface area contributed by atoms with E-state index in [0.29, 0.717) is 23.5 Å². The topological polar surface area (TPSA) is 122 Å². The molecule has 0 unspecified atom stereocenters. The van der Waals surface area contributed by atoms with Crippen molar-refractivity contribution in [3.8, 4) is 11.4 Å². The molecule has 0 amide bonds. The van der Waals surface area contributed by atoms with Gasteiger partial charge in [-0.2, -0.15) is 26.3 Å². The molecule has 0 N–H and O–H groups in total. The van der Waals surface area contributed by atoms with E-state index in [4.69, 9.17) is 0 Å². The number of imidazole rings is 2. The van der Waals surface area contributed by atoms with Gasteiger partial charge in [-0.3, -0.25) is 20.2 Å². The molecule has 0 spiro atoms. The van der Waals surface area contributed by atoms with Crippen LogP contribution in [0, 0.1) is 34.1 Å². The van der Waals surface area contributed by atoms with E-state index in [0.717, 1.165) is 24.3 Å². The minimum absolute atomic E-state index is 0. The lowest BCUT2D eigenvalue weighted by Gasteiger charge is -2.09. The summed E-state index contributed by atoms with van der Waals surface area (Å²) in [5, 5.41) is 21.4. The van der Waals surface area contributed by atoms with E-state index in [1.165, 1.54) is 34.2 Å². The van der Waals surface area contributed by atoms with Gasteiger partial charge < -0.3 is 9.13 Å². The van der Waals surface area contributed by atoms with Crippen molar-refractivity contribution >= 4 is 11.4 Å². The summed E-state index contributed by atoms with van der Waals surface area (Å²) >= 11 is 0. The van der Waals surface area contributed by atoms with Crippen LogP contribution in [0.4, 0.5) is 37.7 Å². The first-order chi connectivity index (χ1) is 17.5. The number of nitro benzene ring substituents is 2. The van der Waals surface area contributed by atoms with Crippen LogP contribution in [0.2, 0.25) is 0 Å². The molecule has 0 aliphatic heterocycles. The molecular formula is C24H24F6N6O4. The van der Waals surface area contributed by atoms with Crippen LogP contribution in [-0.2, 0) is 12.4 Å². The second kappa shape index (κ2) is 12.4. The van der Waals surface area contributed by atoms with E-state index in [1.54, 1.807) is 13.8 Å². The molecular weight excluding hydrogens is 550 g/mol. The van der Waals surface area contributed by atoms with Crippen LogP contribution in [0.3, 0.4) is 0 Å². The lowest BCUT2D eigenvalue weighted by molar-refractivity contribution is -0.385. The fourth-order valence-electron chi connectivity index (χ4n) is 3.15. The smallest absolute Gasteiger partial charge is 0.306 e. The number of alkyl halides is 6. The molecule has 40 heavy (non-hydrogen) atoms. The van der Waals surface area contributed by atoms with Crippen molar-refractivity contribution in [3.05, 3.63) is 104 Å². The third-order valence-corrected chi connectivity index (χ3v) is 4.90. The van der Waals surface area contributed by atoms with Gasteiger partial charge in [0.05, 0.1) is 56.4 Å². The number of aryl methyl sites for hydroxylation is 2. The van der Waals surface area contributed by atoms with Crippen LogP contribution in [0.25, 0.3) is 11.4 Å². The minimum atomic E-state index is -4.64. The van der Waals surface area contributed by atoms with E-state index >= 15 is 0 Å². The number of halogens is 6. The van der Waals surface area contributed by atoms with Crippen molar-refractivity contribution in [2.75, 3.05) is 0 Å². The fraction of sp³-hybridized carbons (Fsp3) is 0.250. The predicted molar refractivity (Wildman–Crippen MR) is 133 cm³/mol. The zero-order valence-corrected chi connectivity index (χ0v) is 19.4. The molecule has 2 heterocycles. The summed E-state index contributed by atoms with van der Waals surface area (Å²) < 4.78 is 78.7. The first-order valence-corrected chi connectivity index (χ1v) is 10.3. The Hall–Kier alpha value is -4.76. The Morgan fingerprint density at radius 1 is 0.650 bits per heavy atom. The fourth-order valence-corrected chi connectivity index (χ4v) is 3.15. The highest BCUT2D eigenvalue weighted by Crippen LogP contribution is 2.34. The molecule has 16 heteroatoms. The molecule has 0 atom stereocenters. The van der Waals surface area contributed by atoms with Crippen molar-refractivity contribution in [2.24, 2.45) is 0 Å². The number of rotatable bonds is 4. The molecule has 10 nitrogen and oxygen atoms in total. The number of nitrogens with zero attached hydrogens (tertiary/aromatic N) is 6. The van der Waals surface area contributed by atoms with Crippen LogP contribution >= 0.6 is 0 Å². The van der Waals surface area contributed by atoms with Gasteiger partial charge in [0.15, 0.2) is 0 Å². The Kier molecular flexibility index (Phi) is 10.3. The quantitative estimate of drug-likeness (QED) is 0.141. The maximum absolute atomic E-state index is 12.7. The Morgan fingerprint density at radius 3 is 1.20 bits per heavy atom. The lowest BCUT2D eigenvalue weighted by Crippen LogP contribution is -2.07. The van der Waals surface area contributed by atoms with Gasteiger partial charge in [0.25, 0.3) is 11.4 Å². The summed E-state index contributed by atoms with van der Waals surface area (Å²) in [4.78, 5) is 27.4. The minimum Gasteiger partial charge on any atom is -0.306 e. The molecule has 2 aromatic carbocycles. The van der Waals surface area contributed by atoms with Crippen molar-refractivity contribution in [1.82, 2.24) is 19.1 Å². The molecule has 0 fully saturated rings. The Balaban J connectivity index is 0.000000381. The van der Waals surface area contributed by atoms with Gasteiger partial charge in [-0.05, 0) is 26.0 Å². The standard InChI is InChI=1S/2C11H8F3N3O2.2CH4/c2*1-7-5-16(6-15-7)9-2-8(11(12,13)14)3-10(4-9)17(18)19;;/h2*2-6H,1H3;2*1H4. The number of aromatic nitrogens is 4. The van der Waals surface area contributed by atoms with Gasteiger partial charge in [0.2, 0.25) is 0 Å². The zero-order valence-electron chi connectivity index (χ0n) is 19.4. The van der Waals surface area contributed by atoms with E-state index in [2.05, 4.69) is 9.97 Å². The largest absolute Gasteiger partial charge is 0.416 e. The maximum atomic E-state index is 12.7. The van der Waals surface area contributed by atoms with Crippen LogP contribution in [0.5, 0.6) is 0 Å². The van der Waals surface area contributed by atoms with Crippen LogP contribution in [0.15, 0.2) is 61.4 Å². The lowest BCUT2D eigenvalue weighted by atomic mass is 10.1. The third kappa shape index (κ3) is 8.12. The van der Waals surface area contributed by atoms with Crippen LogP contribution < -0.4 is 0 Å². The first-order valence-electron chi connectivity index (χ1n) is 10.3. The van der Waals surface area contributed by atoms with Crippen molar-refractivity contribution in [2.45, 2.75) is 41.1 Å². The summed E-state index contributed by atoms with van der Waals surface area (Å²) in [5.41, 5.74) is -2.08. The van der Waals surface area contributed by atoms with Gasteiger partial charge >= 0.3 is 12.4 Å². The molecule has 0 radical (unpaired) electrons. The number of nitro groups is 2. The van der Waals surface area contributed by atoms with Crippen molar-refractivity contribution in [1.29, 1.82) is 0 Å². The van der Waals surface area contributed by atoms with Gasteiger partial charge in [0.1, 0.15) is 0 Å². The molecule has 4 rings (SSSR count). The van der Waals surface area contributed by atoms with E-state index < -0.39 is 44.7 Å². The molecule has 2 aromatic heterocycles. The Bertz CT molecular complexity index is 1380. The highest BCUT2D eigenvalue weighted by molar-refractivity contribution is 5.49. The molecule has 0 aliphatic carbocycles. The monoisotopic (exact) mass is 574 g/mol. The third-order valence-electron chi connectivity index (χ3n) is 4.90. The summed E-state index contributed by atoms with van der Waals surface area (Å²) in [6, 6.07) is 4.83. The average molecular weight is 574 g/mol. The molecule has 0 aliphatic rings. The predicted octanol–water partition coefficient (Wildman–Crippen LogP) is 7.49. The summed E-state index contributed by atoms with van der Waals surface area (Å²) in [6.45, 7) is 3.33. The first kappa shape index (κ1) is 33.3. The highest BCUT2D eigenvalue weighted by Gasteiger charge is 2.34. The van der Waals surface area contributed by atoms with E-state index in [-0.39, 0.29) is 26.2 Å². The Labute approximate surface area is 223 Å².